The number of hydrogen-bond acceptors (Lipinski definition) is 2. The van der Waals surface area contributed by atoms with Gasteiger partial charge in [0.25, 0.3) is 0 Å². The van der Waals surface area contributed by atoms with E-state index >= 15 is 0 Å². The van der Waals surface area contributed by atoms with Crippen molar-refractivity contribution >= 4 is 11.9 Å². The summed E-state index contributed by atoms with van der Waals surface area (Å²) < 4.78 is 0. The maximum absolute atomic E-state index is 11.4. The molecule has 5 nitrogen and oxygen atoms in total. The van der Waals surface area contributed by atoms with Gasteiger partial charge in [0.15, 0.2) is 5.96 Å². The number of carbonyl (C=O) groups is 1. The number of likely N-dealkylation sites (N-methyl/N-ethyl adjacent to an activating group) is 1. The Bertz CT molecular complexity index is 236. The van der Waals surface area contributed by atoms with Crippen molar-refractivity contribution < 1.29 is 4.79 Å². The molecule has 16 heavy (non-hydrogen) atoms. The summed E-state index contributed by atoms with van der Waals surface area (Å²) in [6, 6.07) is 0.303. The van der Waals surface area contributed by atoms with Crippen molar-refractivity contribution in [1.82, 2.24) is 15.5 Å². The fourth-order valence-electron chi connectivity index (χ4n) is 0.958. The number of carbonyl (C=O) groups excluding carboxylic acids is 1. The van der Waals surface area contributed by atoms with Crippen LogP contribution in [-0.4, -0.2) is 50.0 Å². The summed E-state index contributed by atoms with van der Waals surface area (Å²) in [5.41, 5.74) is 0. The lowest BCUT2D eigenvalue weighted by atomic mass is 10.4. The van der Waals surface area contributed by atoms with Crippen LogP contribution in [0.1, 0.15) is 27.2 Å². The van der Waals surface area contributed by atoms with Crippen LogP contribution >= 0.6 is 0 Å². The lowest BCUT2D eigenvalue weighted by molar-refractivity contribution is -0.127. The van der Waals surface area contributed by atoms with Crippen molar-refractivity contribution in [1.29, 1.82) is 0 Å². The van der Waals surface area contributed by atoms with Crippen molar-refractivity contribution in [2.75, 3.05) is 27.2 Å². The first-order chi connectivity index (χ1) is 7.47. The summed E-state index contributed by atoms with van der Waals surface area (Å²) >= 11 is 0. The summed E-state index contributed by atoms with van der Waals surface area (Å²) in [5.74, 6) is 0.702. The summed E-state index contributed by atoms with van der Waals surface area (Å²) in [4.78, 5) is 17.1. The zero-order valence-electron chi connectivity index (χ0n) is 11.0. The molecule has 1 amide bonds. The monoisotopic (exact) mass is 228 g/mol. The largest absolute Gasteiger partial charge is 0.356 e. The third-order valence-corrected chi connectivity index (χ3v) is 1.84. The van der Waals surface area contributed by atoms with E-state index in [0.717, 1.165) is 13.0 Å². The second-order valence-electron chi connectivity index (χ2n) is 4.18. The van der Waals surface area contributed by atoms with Crippen LogP contribution in [0.5, 0.6) is 0 Å². The van der Waals surface area contributed by atoms with Crippen LogP contribution in [0.4, 0.5) is 0 Å². The van der Waals surface area contributed by atoms with E-state index in [-0.39, 0.29) is 12.5 Å². The molecule has 0 aromatic carbocycles. The first kappa shape index (κ1) is 14.7. The number of hydrogen-bond donors (Lipinski definition) is 2. The summed E-state index contributed by atoms with van der Waals surface area (Å²) in [6.45, 7) is 7.20. The number of nitrogens with zero attached hydrogens (tertiary/aromatic N) is 2. The Morgan fingerprint density at radius 2 is 2.00 bits per heavy atom. The highest BCUT2D eigenvalue weighted by Gasteiger charge is 2.04. The Morgan fingerprint density at radius 1 is 1.38 bits per heavy atom. The second-order valence-corrected chi connectivity index (χ2v) is 4.18. The number of aliphatic imine (C=N–C) groups is 1. The fraction of sp³-hybridized carbons (Fsp3) is 0.818. The third-order valence-electron chi connectivity index (χ3n) is 1.84. The first-order valence-corrected chi connectivity index (χ1v) is 5.72. The molecule has 0 aliphatic carbocycles. The van der Waals surface area contributed by atoms with Gasteiger partial charge in [-0.3, -0.25) is 4.79 Å². The van der Waals surface area contributed by atoms with E-state index in [9.17, 15) is 4.79 Å². The van der Waals surface area contributed by atoms with Crippen LogP contribution in [-0.2, 0) is 4.79 Å². The molecule has 0 spiro atoms. The van der Waals surface area contributed by atoms with Gasteiger partial charge in [0.2, 0.25) is 5.91 Å². The van der Waals surface area contributed by atoms with Gasteiger partial charge in [-0.2, -0.15) is 0 Å². The average Bonchev–Trinajstić information content (AvgIpc) is 2.20. The Hall–Kier alpha value is -1.26. The number of nitrogens with one attached hydrogen (secondary N) is 2. The standard InChI is InChI=1S/C11H24N4O/c1-6-7-12-11(14-9(2)3)13-8-10(16)15(4)5/h9H,6-8H2,1-5H3,(H2,12,13,14). The highest BCUT2D eigenvalue weighted by molar-refractivity contribution is 5.84. The minimum Gasteiger partial charge on any atom is -0.356 e. The van der Waals surface area contributed by atoms with Gasteiger partial charge in [-0.1, -0.05) is 6.92 Å². The quantitative estimate of drug-likeness (QED) is 0.530. The molecule has 0 aromatic rings. The normalized spacial score (nSPS) is 11.5. The van der Waals surface area contributed by atoms with E-state index in [1.54, 1.807) is 14.1 Å². The minimum atomic E-state index is 0.00125. The maximum Gasteiger partial charge on any atom is 0.243 e. The molecule has 0 aromatic heterocycles. The molecule has 0 aliphatic rings. The zero-order chi connectivity index (χ0) is 12.6. The van der Waals surface area contributed by atoms with Crippen LogP contribution in [0.3, 0.4) is 0 Å². The number of rotatable bonds is 5. The number of guanidine groups is 1. The molecule has 0 fully saturated rings. The molecule has 0 bridgehead atoms. The minimum absolute atomic E-state index is 0.00125. The molecule has 0 saturated carbocycles. The van der Waals surface area contributed by atoms with E-state index in [2.05, 4.69) is 22.5 Å². The average molecular weight is 228 g/mol. The van der Waals surface area contributed by atoms with Crippen LogP contribution in [0.25, 0.3) is 0 Å². The van der Waals surface area contributed by atoms with Gasteiger partial charge in [0.1, 0.15) is 6.54 Å². The van der Waals surface area contributed by atoms with Crippen molar-refractivity contribution in [3.8, 4) is 0 Å². The Kier molecular flexibility index (Phi) is 7.33. The van der Waals surface area contributed by atoms with E-state index in [1.165, 1.54) is 4.90 Å². The van der Waals surface area contributed by atoms with Crippen molar-refractivity contribution in [3.63, 3.8) is 0 Å². The lowest BCUT2D eigenvalue weighted by Crippen LogP contribution is -2.42. The third kappa shape index (κ3) is 7.09. The molecule has 0 aliphatic heterocycles. The molecule has 94 valence electrons. The summed E-state index contributed by atoms with van der Waals surface area (Å²) in [7, 11) is 3.46. The van der Waals surface area contributed by atoms with Crippen molar-refractivity contribution in [2.24, 2.45) is 4.99 Å². The molecule has 0 radical (unpaired) electrons. The first-order valence-electron chi connectivity index (χ1n) is 5.72. The molecule has 0 heterocycles. The Morgan fingerprint density at radius 3 is 2.44 bits per heavy atom. The second kappa shape index (κ2) is 7.96. The van der Waals surface area contributed by atoms with Gasteiger partial charge < -0.3 is 15.5 Å². The van der Waals surface area contributed by atoms with Crippen molar-refractivity contribution in [2.45, 2.75) is 33.2 Å². The highest BCUT2D eigenvalue weighted by atomic mass is 16.2. The van der Waals surface area contributed by atoms with Gasteiger partial charge in [-0.25, -0.2) is 4.99 Å². The topological polar surface area (TPSA) is 56.7 Å². The maximum atomic E-state index is 11.4. The van der Waals surface area contributed by atoms with Crippen LogP contribution < -0.4 is 10.6 Å². The van der Waals surface area contributed by atoms with Crippen LogP contribution in [0.2, 0.25) is 0 Å². The van der Waals surface area contributed by atoms with Crippen LogP contribution in [0.15, 0.2) is 4.99 Å². The smallest absolute Gasteiger partial charge is 0.243 e. The van der Waals surface area contributed by atoms with Crippen molar-refractivity contribution in [3.05, 3.63) is 0 Å². The Balaban J connectivity index is 4.25. The summed E-state index contributed by atoms with van der Waals surface area (Å²) in [6.07, 6.45) is 1.03. The molecule has 0 rings (SSSR count). The van der Waals surface area contributed by atoms with E-state index in [4.69, 9.17) is 0 Å². The Labute approximate surface area is 98.3 Å². The summed E-state index contributed by atoms with van der Waals surface area (Å²) in [5, 5.41) is 6.34. The molecular formula is C11H24N4O. The van der Waals surface area contributed by atoms with E-state index < -0.39 is 0 Å². The van der Waals surface area contributed by atoms with Gasteiger partial charge in [-0.05, 0) is 20.3 Å². The molecule has 2 N–H and O–H groups in total. The molecule has 0 atom stereocenters. The lowest BCUT2D eigenvalue weighted by Gasteiger charge is -2.15. The highest BCUT2D eigenvalue weighted by Crippen LogP contribution is 1.84. The van der Waals surface area contributed by atoms with Gasteiger partial charge in [0.05, 0.1) is 0 Å². The van der Waals surface area contributed by atoms with Gasteiger partial charge in [-0.15, -0.1) is 0 Å². The number of amides is 1. The fourth-order valence-corrected chi connectivity index (χ4v) is 0.958. The molecular weight excluding hydrogens is 204 g/mol. The SMILES string of the molecule is CCCNC(=NCC(=O)N(C)C)NC(C)C. The van der Waals surface area contributed by atoms with E-state index in [1.807, 2.05) is 13.8 Å². The molecule has 0 unspecified atom stereocenters. The molecule has 5 heteroatoms. The zero-order valence-corrected chi connectivity index (χ0v) is 11.0. The van der Waals surface area contributed by atoms with Gasteiger partial charge >= 0.3 is 0 Å². The molecule has 0 saturated heterocycles. The predicted octanol–water partition coefficient (Wildman–Crippen LogP) is 0.428. The van der Waals surface area contributed by atoms with E-state index in [0.29, 0.717) is 12.0 Å². The van der Waals surface area contributed by atoms with Gasteiger partial charge in [0, 0.05) is 26.7 Å². The van der Waals surface area contributed by atoms with Crippen LogP contribution in [0, 0.1) is 0 Å². The predicted molar refractivity (Wildman–Crippen MR) is 67.6 cm³/mol.